The van der Waals surface area contributed by atoms with Crippen molar-refractivity contribution in [3.05, 3.63) is 56.3 Å². The van der Waals surface area contributed by atoms with Crippen LogP contribution in [0.4, 0.5) is 5.00 Å². The Balaban J connectivity index is 1.71. The molecule has 0 aliphatic heterocycles. The molecule has 0 radical (unpaired) electrons. The lowest BCUT2D eigenvalue weighted by Gasteiger charge is -2.11. The number of fused-ring (bicyclic) bond motifs is 2. The van der Waals surface area contributed by atoms with Gasteiger partial charge in [-0.25, -0.2) is 9.59 Å². The maximum Gasteiger partial charge on any atom is 0.349 e. The lowest BCUT2D eigenvalue weighted by molar-refractivity contribution is 0.0601. The molecule has 0 fully saturated rings. The van der Waals surface area contributed by atoms with Crippen LogP contribution in [0.15, 0.2) is 33.5 Å². The average Bonchev–Trinajstić information content (AvgIpc) is 3.09. The van der Waals surface area contributed by atoms with Gasteiger partial charge < -0.3 is 19.2 Å². The molecule has 1 N–H and O–H groups in total. The average molecular weight is 413 g/mol. The number of carbonyl (C=O) groups excluding carboxylic acids is 2. The largest absolute Gasteiger partial charge is 0.497 e. The van der Waals surface area contributed by atoms with Gasteiger partial charge in [0.15, 0.2) is 0 Å². The van der Waals surface area contributed by atoms with E-state index in [9.17, 15) is 14.4 Å². The summed E-state index contributed by atoms with van der Waals surface area (Å²) in [6.07, 6.45) is 3.66. The number of amides is 1. The number of methoxy groups -OCH3 is 2. The van der Waals surface area contributed by atoms with Crippen molar-refractivity contribution in [2.24, 2.45) is 0 Å². The monoisotopic (exact) mass is 413 g/mol. The Morgan fingerprint density at radius 1 is 1.14 bits per heavy atom. The number of benzene rings is 1. The topological polar surface area (TPSA) is 94.8 Å². The first kappa shape index (κ1) is 19.2. The van der Waals surface area contributed by atoms with Crippen LogP contribution >= 0.6 is 11.3 Å². The summed E-state index contributed by atoms with van der Waals surface area (Å²) in [4.78, 5) is 38.6. The van der Waals surface area contributed by atoms with Crippen LogP contribution in [-0.4, -0.2) is 26.1 Å². The fourth-order valence-electron chi connectivity index (χ4n) is 3.52. The summed E-state index contributed by atoms with van der Waals surface area (Å²) in [6, 6.07) is 6.48. The first-order valence-corrected chi connectivity index (χ1v) is 9.99. The standard InChI is InChI=1S/C21H19NO6S/c1-26-12-8-7-11-9-14(20(24)28-15(11)10-12)18(23)22-19-17(21(25)27-2)13-5-3-4-6-16(13)29-19/h7-10H,3-6H2,1-2H3,(H,22,23). The van der Waals surface area contributed by atoms with E-state index >= 15 is 0 Å². The van der Waals surface area contributed by atoms with Crippen LogP contribution in [0.5, 0.6) is 5.75 Å². The number of anilines is 1. The van der Waals surface area contributed by atoms with Gasteiger partial charge in [0.25, 0.3) is 5.91 Å². The molecule has 29 heavy (non-hydrogen) atoms. The van der Waals surface area contributed by atoms with Crippen molar-refractivity contribution in [2.45, 2.75) is 25.7 Å². The molecule has 1 aromatic carbocycles. The highest BCUT2D eigenvalue weighted by Crippen LogP contribution is 2.38. The predicted octanol–water partition coefficient (Wildman–Crippen LogP) is 3.78. The van der Waals surface area contributed by atoms with Gasteiger partial charge in [0.05, 0.1) is 19.8 Å². The summed E-state index contributed by atoms with van der Waals surface area (Å²) in [5.74, 6) is -0.567. The highest BCUT2D eigenvalue weighted by molar-refractivity contribution is 7.17. The van der Waals surface area contributed by atoms with Gasteiger partial charge in [-0.15, -0.1) is 11.3 Å². The molecule has 1 aliphatic carbocycles. The van der Waals surface area contributed by atoms with Crippen molar-refractivity contribution >= 4 is 39.2 Å². The normalized spacial score (nSPS) is 13.0. The third kappa shape index (κ3) is 3.51. The van der Waals surface area contributed by atoms with E-state index in [2.05, 4.69) is 5.32 Å². The van der Waals surface area contributed by atoms with Crippen molar-refractivity contribution in [3.8, 4) is 5.75 Å². The predicted molar refractivity (Wildman–Crippen MR) is 109 cm³/mol. The SMILES string of the molecule is COC(=O)c1c(NC(=O)c2cc3ccc(OC)cc3oc2=O)sc2c1CCCC2. The van der Waals surface area contributed by atoms with Crippen LogP contribution in [0, 0.1) is 0 Å². The van der Waals surface area contributed by atoms with Crippen LogP contribution in [-0.2, 0) is 17.6 Å². The number of nitrogens with one attached hydrogen (secondary N) is 1. The van der Waals surface area contributed by atoms with Crippen LogP contribution in [0.2, 0.25) is 0 Å². The van der Waals surface area contributed by atoms with Gasteiger partial charge in [-0.3, -0.25) is 4.79 Å². The highest BCUT2D eigenvalue weighted by Gasteiger charge is 2.27. The summed E-state index contributed by atoms with van der Waals surface area (Å²) in [5.41, 5.74) is 0.748. The number of carbonyl (C=O) groups is 2. The molecule has 0 saturated carbocycles. The smallest absolute Gasteiger partial charge is 0.349 e. The molecule has 2 aromatic heterocycles. The number of rotatable bonds is 4. The Bertz CT molecular complexity index is 1180. The third-order valence-electron chi connectivity index (χ3n) is 4.98. The summed E-state index contributed by atoms with van der Waals surface area (Å²) >= 11 is 1.36. The fourth-order valence-corrected chi connectivity index (χ4v) is 4.79. The Kier molecular flexibility index (Phi) is 5.10. The molecule has 1 amide bonds. The molecule has 4 rings (SSSR count). The minimum absolute atomic E-state index is 0.134. The molecule has 8 heteroatoms. The Morgan fingerprint density at radius 3 is 2.69 bits per heavy atom. The van der Waals surface area contributed by atoms with Gasteiger partial charge in [-0.05, 0) is 49.4 Å². The molecule has 0 bridgehead atoms. The Hall–Kier alpha value is -3.13. The van der Waals surface area contributed by atoms with Gasteiger partial charge in [0.1, 0.15) is 21.9 Å². The highest BCUT2D eigenvalue weighted by atomic mass is 32.1. The molecule has 0 spiro atoms. The second kappa shape index (κ2) is 7.71. The Morgan fingerprint density at radius 2 is 1.93 bits per heavy atom. The maximum absolute atomic E-state index is 12.8. The van der Waals surface area contributed by atoms with Gasteiger partial charge in [-0.1, -0.05) is 0 Å². The van der Waals surface area contributed by atoms with Crippen LogP contribution in [0.3, 0.4) is 0 Å². The lowest BCUT2D eigenvalue weighted by Crippen LogP contribution is -2.21. The molecule has 0 saturated heterocycles. The van der Waals surface area contributed by atoms with Gasteiger partial charge in [0.2, 0.25) is 0 Å². The second-order valence-corrected chi connectivity index (χ2v) is 7.82. The summed E-state index contributed by atoms with van der Waals surface area (Å²) < 4.78 is 15.3. The van der Waals surface area contributed by atoms with Crippen LogP contribution in [0.25, 0.3) is 11.0 Å². The van der Waals surface area contributed by atoms with Crippen molar-refractivity contribution in [1.29, 1.82) is 0 Å². The number of hydrogen-bond acceptors (Lipinski definition) is 7. The van der Waals surface area contributed by atoms with Gasteiger partial charge >= 0.3 is 11.6 Å². The number of esters is 1. The first-order valence-electron chi connectivity index (χ1n) is 9.18. The molecule has 0 unspecified atom stereocenters. The molecule has 2 heterocycles. The van der Waals surface area contributed by atoms with E-state index in [0.717, 1.165) is 36.1 Å². The third-order valence-corrected chi connectivity index (χ3v) is 6.18. The maximum atomic E-state index is 12.8. The van der Waals surface area contributed by atoms with E-state index in [1.807, 2.05) is 0 Å². The number of hydrogen-bond donors (Lipinski definition) is 1. The molecule has 1 aliphatic rings. The molecule has 150 valence electrons. The van der Waals surface area contributed by atoms with E-state index in [1.54, 1.807) is 18.2 Å². The van der Waals surface area contributed by atoms with Crippen molar-refractivity contribution < 1.29 is 23.5 Å². The molecular formula is C21H19NO6S. The first-order chi connectivity index (χ1) is 14.0. The van der Waals surface area contributed by atoms with E-state index in [-0.39, 0.29) is 5.56 Å². The molecular weight excluding hydrogens is 394 g/mol. The zero-order valence-corrected chi connectivity index (χ0v) is 16.8. The minimum atomic E-state index is -0.760. The van der Waals surface area contributed by atoms with E-state index in [0.29, 0.717) is 27.3 Å². The zero-order chi connectivity index (χ0) is 20.5. The summed E-state index contributed by atoms with van der Waals surface area (Å²) in [6.45, 7) is 0. The van der Waals surface area contributed by atoms with Crippen LogP contribution < -0.4 is 15.7 Å². The quantitative estimate of drug-likeness (QED) is 0.517. The van der Waals surface area contributed by atoms with Gasteiger partial charge in [0, 0.05) is 16.3 Å². The van der Waals surface area contributed by atoms with Crippen molar-refractivity contribution in [2.75, 3.05) is 19.5 Å². The number of aryl methyl sites for hydroxylation is 1. The van der Waals surface area contributed by atoms with E-state index in [1.165, 1.54) is 31.6 Å². The lowest BCUT2D eigenvalue weighted by atomic mass is 9.95. The molecule has 3 aromatic rings. The van der Waals surface area contributed by atoms with Crippen molar-refractivity contribution in [3.63, 3.8) is 0 Å². The summed E-state index contributed by atoms with van der Waals surface area (Å²) in [7, 11) is 2.83. The minimum Gasteiger partial charge on any atom is -0.497 e. The Labute approximate surface area is 170 Å². The van der Waals surface area contributed by atoms with Crippen molar-refractivity contribution in [1.82, 2.24) is 0 Å². The number of thiophene rings is 1. The molecule has 7 nitrogen and oxygen atoms in total. The zero-order valence-electron chi connectivity index (χ0n) is 16.0. The van der Waals surface area contributed by atoms with Gasteiger partial charge in [-0.2, -0.15) is 0 Å². The summed E-state index contributed by atoms with van der Waals surface area (Å²) in [5, 5.41) is 3.72. The number of ether oxygens (including phenoxy) is 2. The van der Waals surface area contributed by atoms with E-state index < -0.39 is 17.5 Å². The molecule has 0 atom stereocenters. The van der Waals surface area contributed by atoms with E-state index in [4.69, 9.17) is 13.9 Å². The second-order valence-electron chi connectivity index (χ2n) is 6.71. The fraction of sp³-hybridized carbons (Fsp3) is 0.286. The van der Waals surface area contributed by atoms with Crippen LogP contribution in [0.1, 0.15) is 44.0 Å².